The van der Waals surface area contributed by atoms with Gasteiger partial charge in [0.1, 0.15) is 6.04 Å². The highest BCUT2D eigenvalue weighted by molar-refractivity contribution is 6.02. The molecule has 0 aliphatic carbocycles. The van der Waals surface area contributed by atoms with Crippen molar-refractivity contribution in [3.8, 4) is 0 Å². The van der Waals surface area contributed by atoms with Gasteiger partial charge in [-0.05, 0) is 62.6 Å². The number of nitro benzene ring substituents is 1. The van der Waals surface area contributed by atoms with E-state index < -0.39 is 16.9 Å². The summed E-state index contributed by atoms with van der Waals surface area (Å²) in [7, 11) is 0. The van der Waals surface area contributed by atoms with Gasteiger partial charge in [0.15, 0.2) is 0 Å². The minimum absolute atomic E-state index is 0.0562. The van der Waals surface area contributed by atoms with Crippen LogP contribution in [0.3, 0.4) is 0 Å². The number of nitro groups is 1. The first-order valence-corrected chi connectivity index (χ1v) is 10.5. The number of benzene rings is 2. The molecule has 32 heavy (non-hydrogen) atoms. The molecule has 1 N–H and O–H groups in total. The summed E-state index contributed by atoms with van der Waals surface area (Å²) < 4.78 is 5.08. The summed E-state index contributed by atoms with van der Waals surface area (Å²) >= 11 is 0. The maximum absolute atomic E-state index is 13.0. The Balaban J connectivity index is 1.68. The molecular formula is C23H25N3O6. The van der Waals surface area contributed by atoms with Crippen LogP contribution in [0.2, 0.25) is 0 Å². The highest BCUT2D eigenvalue weighted by Crippen LogP contribution is 2.25. The normalized spacial score (nSPS) is 15.3. The summed E-state index contributed by atoms with van der Waals surface area (Å²) in [6, 6.07) is 9.92. The first-order valence-electron chi connectivity index (χ1n) is 10.5. The molecule has 168 valence electrons. The topological polar surface area (TPSA) is 119 Å². The van der Waals surface area contributed by atoms with E-state index in [1.54, 1.807) is 31.2 Å². The standard InChI is InChI=1S/C23H25N3O6/c1-3-13-32-23(29)16-6-9-18(10-7-16)24-21(27)20-5-4-12-25(20)22(28)17-8-11-19(26(30)31)15(2)14-17/h6-11,14,20H,3-5,12-13H2,1-2H3,(H,24,27). The highest BCUT2D eigenvalue weighted by Gasteiger charge is 2.35. The zero-order valence-corrected chi connectivity index (χ0v) is 18.0. The number of hydrogen-bond acceptors (Lipinski definition) is 6. The number of likely N-dealkylation sites (tertiary alicyclic amines) is 1. The Labute approximate surface area is 185 Å². The molecule has 0 bridgehead atoms. The van der Waals surface area contributed by atoms with E-state index in [9.17, 15) is 24.5 Å². The molecule has 1 unspecified atom stereocenters. The molecular weight excluding hydrogens is 414 g/mol. The Hall–Kier alpha value is -3.75. The van der Waals surface area contributed by atoms with Crippen molar-refractivity contribution >= 4 is 29.2 Å². The fourth-order valence-electron chi connectivity index (χ4n) is 3.63. The average molecular weight is 439 g/mol. The van der Waals surface area contributed by atoms with Crippen molar-refractivity contribution in [3.05, 3.63) is 69.3 Å². The number of ether oxygens (including phenoxy) is 1. The molecule has 0 saturated carbocycles. The number of carbonyl (C=O) groups excluding carboxylic acids is 3. The van der Waals surface area contributed by atoms with Gasteiger partial charge in [0, 0.05) is 29.4 Å². The fourth-order valence-corrected chi connectivity index (χ4v) is 3.63. The van der Waals surface area contributed by atoms with Crippen molar-refractivity contribution in [2.24, 2.45) is 0 Å². The number of hydrogen-bond donors (Lipinski definition) is 1. The number of nitrogens with zero attached hydrogens (tertiary/aromatic N) is 2. The van der Waals surface area contributed by atoms with Crippen molar-refractivity contribution < 1.29 is 24.0 Å². The average Bonchev–Trinajstić information content (AvgIpc) is 3.27. The predicted octanol–water partition coefficient (Wildman–Crippen LogP) is 3.71. The lowest BCUT2D eigenvalue weighted by atomic mass is 10.1. The summed E-state index contributed by atoms with van der Waals surface area (Å²) in [6.45, 7) is 4.25. The van der Waals surface area contributed by atoms with Gasteiger partial charge < -0.3 is 15.0 Å². The van der Waals surface area contributed by atoms with Crippen molar-refractivity contribution in [2.45, 2.75) is 39.2 Å². The van der Waals surface area contributed by atoms with Crippen LogP contribution >= 0.6 is 0 Å². The zero-order chi connectivity index (χ0) is 23.3. The molecule has 3 rings (SSSR count). The third-order valence-electron chi connectivity index (χ3n) is 5.28. The molecule has 1 atom stereocenters. The first kappa shape index (κ1) is 22.9. The number of amides is 2. The van der Waals surface area contributed by atoms with Crippen LogP contribution in [0.15, 0.2) is 42.5 Å². The van der Waals surface area contributed by atoms with Gasteiger partial charge in [-0.15, -0.1) is 0 Å². The molecule has 9 heteroatoms. The monoisotopic (exact) mass is 439 g/mol. The molecule has 0 aromatic heterocycles. The number of anilines is 1. The minimum Gasteiger partial charge on any atom is -0.462 e. The summed E-state index contributed by atoms with van der Waals surface area (Å²) in [5.74, 6) is -1.08. The van der Waals surface area contributed by atoms with E-state index >= 15 is 0 Å². The number of aryl methyl sites for hydroxylation is 1. The molecule has 9 nitrogen and oxygen atoms in total. The lowest BCUT2D eigenvalue weighted by Crippen LogP contribution is -2.43. The Morgan fingerprint density at radius 3 is 2.47 bits per heavy atom. The molecule has 0 spiro atoms. The van der Waals surface area contributed by atoms with Crippen LogP contribution < -0.4 is 5.32 Å². The van der Waals surface area contributed by atoms with Gasteiger partial charge in [-0.25, -0.2) is 4.79 Å². The van der Waals surface area contributed by atoms with Crippen LogP contribution in [-0.2, 0) is 9.53 Å². The highest BCUT2D eigenvalue weighted by atomic mass is 16.6. The van der Waals surface area contributed by atoms with Crippen LogP contribution in [0.5, 0.6) is 0 Å². The molecule has 2 aromatic rings. The SMILES string of the molecule is CCCOC(=O)c1ccc(NC(=O)C2CCCN2C(=O)c2ccc([N+](=O)[O-])c(C)c2)cc1. The molecule has 1 heterocycles. The van der Waals surface area contributed by atoms with Crippen molar-refractivity contribution in [1.29, 1.82) is 0 Å². The Morgan fingerprint density at radius 2 is 1.84 bits per heavy atom. The molecule has 1 fully saturated rings. The second kappa shape index (κ2) is 10.0. The number of nitrogens with one attached hydrogen (secondary N) is 1. The van der Waals surface area contributed by atoms with Gasteiger partial charge in [0.25, 0.3) is 11.6 Å². The smallest absolute Gasteiger partial charge is 0.338 e. The molecule has 1 aliphatic heterocycles. The van der Waals surface area contributed by atoms with Crippen molar-refractivity contribution in [1.82, 2.24) is 4.90 Å². The summed E-state index contributed by atoms with van der Waals surface area (Å²) in [5, 5.41) is 13.8. The molecule has 2 amide bonds. The quantitative estimate of drug-likeness (QED) is 0.399. The third-order valence-corrected chi connectivity index (χ3v) is 5.28. The Morgan fingerprint density at radius 1 is 1.16 bits per heavy atom. The first-order chi connectivity index (χ1) is 15.3. The van der Waals surface area contributed by atoms with Crippen LogP contribution in [0.25, 0.3) is 0 Å². The van der Waals surface area contributed by atoms with E-state index in [2.05, 4.69) is 5.32 Å². The number of esters is 1. The summed E-state index contributed by atoms with van der Waals surface area (Å²) in [6.07, 6.45) is 1.93. The van der Waals surface area contributed by atoms with Crippen LogP contribution in [0.1, 0.15) is 52.5 Å². The lowest BCUT2D eigenvalue weighted by molar-refractivity contribution is -0.385. The van der Waals surface area contributed by atoms with Crippen molar-refractivity contribution in [2.75, 3.05) is 18.5 Å². The van der Waals surface area contributed by atoms with Gasteiger partial charge in [-0.2, -0.15) is 0 Å². The van der Waals surface area contributed by atoms with Gasteiger partial charge in [0.05, 0.1) is 17.1 Å². The molecule has 2 aromatic carbocycles. The van der Waals surface area contributed by atoms with E-state index in [4.69, 9.17) is 4.74 Å². The number of rotatable bonds is 7. The van der Waals surface area contributed by atoms with E-state index in [0.717, 1.165) is 6.42 Å². The maximum Gasteiger partial charge on any atom is 0.338 e. The zero-order valence-electron chi connectivity index (χ0n) is 18.0. The van der Waals surface area contributed by atoms with Crippen LogP contribution in [-0.4, -0.2) is 46.8 Å². The minimum atomic E-state index is -0.646. The van der Waals surface area contributed by atoms with E-state index in [1.165, 1.54) is 23.1 Å². The lowest BCUT2D eigenvalue weighted by Gasteiger charge is -2.24. The van der Waals surface area contributed by atoms with E-state index in [1.807, 2.05) is 6.92 Å². The number of carbonyl (C=O) groups is 3. The molecule has 1 saturated heterocycles. The fraction of sp³-hybridized carbons (Fsp3) is 0.348. The predicted molar refractivity (Wildman–Crippen MR) is 118 cm³/mol. The third kappa shape index (κ3) is 5.11. The summed E-state index contributed by atoms with van der Waals surface area (Å²) in [4.78, 5) is 49.7. The Bertz CT molecular complexity index is 1030. The van der Waals surface area contributed by atoms with Gasteiger partial charge in [-0.1, -0.05) is 6.92 Å². The van der Waals surface area contributed by atoms with Crippen molar-refractivity contribution in [3.63, 3.8) is 0 Å². The maximum atomic E-state index is 13.0. The van der Waals surface area contributed by atoms with Gasteiger partial charge in [-0.3, -0.25) is 19.7 Å². The second-order valence-electron chi connectivity index (χ2n) is 7.62. The largest absolute Gasteiger partial charge is 0.462 e. The van der Waals surface area contributed by atoms with E-state index in [-0.39, 0.29) is 17.5 Å². The van der Waals surface area contributed by atoms with E-state index in [0.29, 0.717) is 48.4 Å². The second-order valence-corrected chi connectivity index (χ2v) is 7.62. The van der Waals surface area contributed by atoms with Gasteiger partial charge >= 0.3 is 5.97 Å². The van der Waals surface area contributed by atoms with Gasteiger partial charge in [0.2, 0.25) is 5.91 Å². The Kier molecular flexibility index (Phi) is 7.19. The van der Waals surface area contributed by atoms with Crippen LogP contribution in [0, 0.1) is 17.0 Å². The van der Waals surface area contributed by atoms with Crippen LogP contribution in [0.4, 0.5) is 11.4 Å². The summed E-state index contributed by atoms with van der Waals surface area (Å²) in [5.41, 5.74) is 1.54. The molecule has 0 radical (unpaired) electrons. The molecule has 1 aliphatic rings.